The molecule has 1 aliphatic carbocycles. The van der Waals surface area contributed by atoms with E-state index in [2.05, 4.69) is 4.98 Å². The summed E-state index contributed by atoms with van der Waals surface area (Å²) in [4.78, 5) is 5.49. The molecule has 1 unspecified atom stereocenters. The molecule has 4 heteroatoms. The van der Waals surface area contributed by atoms with E-state index in [0.29, 0.717) is 0 Å². The number of rotatable bonds is 1. The Hall–Kier alpha value is -0.450. The van der Waals surface area contributed by atoms with Crippen LogP contribution in [-0.2, 0) is 13.0 Å². The minimum Gasteiger partial charge on any atom is -0.389 e. The molecule has 0 bridgehead atoms. The zero-order valence-electron chi connectivity index (χ0n) is 6.79. The minimum atomic E-state index is 0.0460. The highest BCUT2D eigenvalue weighted by Crippen LogP contribution is 2.32. The van der Waals surface area contributed by atoms with Gasteiger partial charge in [-0.25, -0.2) is 4.98 Å². The Morgan fingerprint density at radius 3 is 3.17 bits per heavy atom. The number of hydrogen-bond acceptors (Lipinski definition) is 4. The first kappa shape index (κ1) is 8.16. The normalized spacial score (nSPS) is 22.3. The zero-order valence-corrected chi connectivity index (χ0v) is 7.60. The lowest BCUT2D eigenvalue weighted by molar-refractivity contribution is 0.281. The van der Waals surface area contributed by atoms with E-state index in [1.165, 1.54) is 4.88 Å². The van der Waals surface area contributed by atoms with Gasteiger partial charge >= 0.3 is 0 Å². The highest BCUT2D eigenvalue weighted by atomic mass is 32.1. The number of thiazole rings is 1. The van der Waals surface area contributed by atoms with Crippen LogP contribution in [0.1, 0.15) is 34.5 Å². The number of aliphatic hydroxyl groups is 1. The molecule has 1 aliphatic rings. The Bertz CT molecular complexity index is 285. The Balaban J connectivity index is 2.37. The third-order valence-corrected chi connectivity index (χ3v) is 3.39. The molecule has 0 spiro atoms. The third-order valence-electron chi connectivity index (χ3n) is 2.17. The predicted molar refractivity (Wildman–Crippen MR) is 47.9 cm³/mol. The summed E-state index contributed by atoms with van der Waals surface area (Å²) in [5.41, 5.74) is 7.02. The highest BCUT2D eigenvalue weighted by molar-refractivity contribution is 7.11. The van der Waals surface area contributed by atoms with Gasteiger partial charge in [-0.05, 0) is 19.3 Å². The lowest BCUT2D eigenvalue weighted by Gasteiger charge is -2.15. The Morgan fingerprint density at radius 1 is 1.67 bits per heavy atom. The number of aromatic nitrogens is 1. The maximum absolute atomic E-state index is 8.88. The molecule has 66 valence electrons. The van der Waals surface area contributed by atoms with Crippen LogP contribution < -0.4 is 5.73 Å². The Kier molecular flexibility index (Phi) is 2.12. The van der Waals surface area contributed by atoms with Gasteiger partial charge in [0, 0.05) is 10.9 Å². The second kappa shape index (κ2) is 3.12. The number of hydrogen-bond donors (Lipinski definition) is 2. The highest BCUT2D eigenvalue weighted by Gasteiger charge is 2.20. The van der Waals surface area contributed by atoms with Gasteiger partial charge in [0.15, 0.2) is 0 Å². The molecule has 1 heterocycles. The number of aryl methyl sites for hydroxylation is 1. The fraction of sp³-hybridized carbons (Fsp3) is 0.625. The standard InChI is InChI=1S/C8H12N2OS/c9-5-2-1-3-6-8(5)12-7(4-11)10-6/h5,11H,1-4,9H2. The van der Waals surface area contributed by atoms with Crippen LogP contribution >= 0.6 is 11.3 Å². The largest absolute Gasteiger partial charge is 0.389 e. The van der Waals surface area contributed by atoms with Gasteiger partial charge in [0.1, 0.15) is 5.01 Å². The second-order valence-corrected chi connectivity index (χ2v) is 4.19. The van der Waals surface area contributed by atoms with E-state index in [4.69, 9.17) is 10.8 Å². The monoisotopic (exact) mass is 184 g/mol. The Morgan fingerprint density at radius 2 is 2.50 bits per heavy atom. The smallest absolute Gasteiger partial charge is 0.119 e. The van der Waals surface area contributed by atoms with E-state index >= 15 is 0 Å². The Labute approximate surface area is 75.2 Å². The van der Waals surface area contributed by atoms with Gasteiger partial charge in [-0.2, -0.15) is 0 Å². The van der Waals surface area contributed by atoms with Gasteiger partial charge in [-0.3, -0.25) is 0 Å². The summed E-state index contributed by atoms with van der Waals surface area (Å²) < 4.78 is 0. The van der Waals surface area contributed by atoms with Gasteiger partial charge in [0.25, 0.3) is 0 Å². The van der Waals surface area contributed by atoms with Crippen molar-refractivity contribution in [1.82, 2.24) is 4.98 Å². The van der Waals surface area contributed by atoms with Crippen molar-refractivity contribution >= 4 is 11.3 Å². The maximum Gasteiger partial charge on any atom is 0.119 e. The summed E-state index contributed by atoms with van der Waals surface area (Å²) in [6, 6.07) is 0.159. The maximum atomic E-state index is 8.88. The van der Waals surface area contributed by atoms with Crippen LogP contribution in [0.25, 0.3) is 0 Å². The first-order chi connectivity index (χ1) is 5.81. The van der Waals surface area contributed by atoms with Gasteiger partial charge in [0.2, 0.25) is 0 Å². The van der Waals surface area contributed by atoms with E-state index < -0.39 is 0 Å². The molecular formula is C8H12N2OS. The van der Waals surface area contributed by atoms with Crippen LogP contribution in [0.2, 0.25) is 0 Å². The summed E-state index contributed by atoms with van der Waals surface area (Å²) >= 11 is 1.56. The summed E-state index contributed by atoms with van der Waals surface area (Å²) in [6.07, 6.45) is 3.21. The molecule has 12 heavy (non-hydrogen) atoms. The number of fused-ring (bicyclic) bond motifs is 1. The van der Waals surface area contributed by atoms with Gasteiger partial charge < -0.3 is 10.8 Å². The first-order valence-corrected chi connectivity index (χ1v) is 4.98. The molecule has 0 saturated heterocycles. The number of aliphatic hydroxyl groups excluding tert-OH is 1. The van der Waals surface area contributed by atoms with Crippen LogP contribution in [-0.4, -0.2) is 10.1 Å². The van der Waals surface area contributed by atoms with Crippen molar-refractivity contribution in [3.63, 3.8) is 0 Å². The average Bonchev–Trinajstić information content (AvgIpc) is 2.49. The molecule has 0 fully saturated rings. The molecule has 0 saturated carbocycles. The van der Waals surface area contributed by atoms with Crippen LogP contribution in [0.15, 0.2) is 0 Å². The SMILES string of the molecule is NC1CCCc2nc(CO)sc21. The average molecular weight is 184 g/mol. The fourth-order valence-corrected chi connectivity index (χ4v) is 2.58. The van der Waals surface area contributed by atoms with Crippen molar-refractivity contribution in [2.45, 2.75) is 31.9 Å². The molecule has 1 atom stereocenters. The van der Waals surface area contributed by atoms with E-state index in [1.54, 1.807) is 11.3 Å². The van der Waals surface area contributed by atoms with E-state index in [9.17, 15) is 0 Å². The van der Waals surface area contributed by atoms with Crippen LogP contribution in [0.4, 0.5) is 0 Å². The van der Waals surface area contributed by atoms with Gasteiger partial charge in [0.05, 0.1) is 12.3 Å². The summed E-state index contributed by atoms with van der Waals surface area (Å²) in [7, 11) is 0. The summed E-state index contributed by atoms with van der Waals surface area (Å²) in [6.45, 7) is 0.0460. The molecule has 3 N–H and O–H groups in total. The van der Waals surface area contributed by atoms with Gasteiger partial charge in [-0.15, -0.1) is 11.3 Å². The van der Waals surface area contributed by atoms with E-state index in [0.717, 1.165) is 30.0 Å². The topological polar surface area (TPSA) is 59.1 Å². The summed E-state index contributed by atoms with van der Waals surface area (Å²) in [5, 5.41) is 9.68. The van der Waals surface area contributed by atoms with Gasteiger partial charge in [-0.1, -0.05) is 0 Å². The summed E-state index contributed by atoms with van der Waals surface area (Å²) in [5.74, 6) is 0. The van der Waals surface area contributed by atoms with Crippen LogP contribution in [0.3, 0.4) is 0 Å². The third kappa shape index (κ3) is 1.26. The van der Waals surface area contributed by atoms with Crippen molar-refractivity contribution < 1.29 is 5.11 Å². The molecule has 0 aliphatic heterocycles. The van der Waals surface area contributed by atoms with Crippen molar-refractivity contribution in [1.29, 1.82) is 0 Å². The van der Waals surface area contributed by atoms with E-state index in [-0.39, 0.29) is 12.6 Å². The second-order valence-electron chi connectivity index (χ2n) is 3.08. The molecular weight excluding hydrogens is 172 g/mol. The van der Waals surface area contributed by atoms with Crippen LogP contribution in [0, 0.1) is 0 Å². The van der Waals surface area contributed by atoms with E-state index in [1.807, 2.05) is 0 Å². The quantitative estimate of drug-likeness (QED) is 0.683. The first-order valence-electron chi connectivity index (χ1n) is 4.16. The molecule has 1 aromatic rings. The fourth-order valence-electron chi connectivity index (χ4n) is 1.57. The number of nitrogens with zero attached hydrogens (tertiary/aromatic N) is 1. The van der Waals surface area contributed by atoms with Crippen molar-refractivity contribution in [3.05, 3.63) is 15.6 Å². The molecule has 0 aromatic carbocycles. The lowest BCUT2D eigenvalue weighted by atomic mass is 9.99. The molecule has 2 rings (SSSR count). The lowest BCUT2D eigenvalue weighted by Crippen LogP contribution is -2.15. The van der Waals surface area contributed by atoms with Crippen molar-refractivity contribution in [2.75, 3.05) is 0 Å². The predicted octanol–water partition coefficient (Wildman–Crippen LogP) is 0.972. The zero-order chi connectivity index (χ0) is 8.55. The molecule has 0 amide bonds. The minimum absolute atomic E-state index is 0.0460. The molecule has 1 aromatic heterocycles. The molecule has 0 radical (unpaired) electrons. The van der Waals surface area contributed by atoms with Crippen LogP contribution in [0.5, 0.6) is 0 Å². The van der Waals surface area contributed by atoms with Crippen molar-refractivity contribution in [2.24, 2.45) is 5.73 Å². The molecule has 3 nitrogen and oxygen atoms in total. The van der Waals surface area contributed by atoms with Crippen molar-refractivity contribution in [3.8, 4) is 0 Å². The number of nitrogens with two attached hydrogens (primary N) is 1.